The Morgan fingerprint density at radius 1 is 1.40 bits per heavy atom. The summed E-state index contributed by atoms with van der Waals surface area (Å²) in [5.41, 5.74) is 4.68. The topological polar surface area (TPSA) is 54.6 Å². The van der Waals surface area contributed by atoms with Gasteiger partial charge in [-0.3, -0.25) is 4.79 Å². The van der Waals surface area contributed by atoms with Gasteiger partial charge in [0.15, 0.2) is 0 Å². The molecule has 5 heteroatoms. The summed E-state index contributed by atoms with van der Waals surface area (Å²) in [6.07, 6.45) is 2.16. The van der Waals surface area contributed by atoms with Gasteiger partial charge in [0.1, 0.15) is 5.76 Å². The number of furan rings is 1. The molecule has 0 unspecified atom stereocenters. The van der Waals surface area contributed by atoms with Crippen molar-refractivity contribution in [3.63, 3.8) is 0 Å². The second-order valence-corrected chi connectivity index (χ2v) is 4.69. The number of benzene rings is 1. The summed E-state index contributed by atoms with van der Waals surface area (Å²) in [5, 5.41) is 4.81. The van der Waals surface area contributed by atoms with Gasteiger partial charge in [0, 0.05) is 5.02 Å². The Labute approximate surface area is 122 Å². The average molecular weight is 291 g/mol. The second kappa shape index (κ2) is 6.39. The van der Waals surface area contributed by atoms with Crippen molar-refractivity contribution >= 4 is 23.2 Å². The van der Waals surface area contributed by atoms with Crippen LogP contribution in [-0.2, 0) is 0 Å². The third-order valence-corrected chi connectivity index (χ3v) is 3.12. The summed E-state index contributed by atoms with van der Waals surface area (Å²) in [4.78, 5) is 11.9. The third-order valence-electron chi connectivity index (χ3n) is 2.89. The van der Waals surface area contributed by atoms with Crippen LogP contribution in [-0.4, -0.2) is 11.6 Å². The van der Waals surface area contributed by atoms with E-state index in [0.717, 1.165) is 11.3 Å². The van der Waals surface area contributed by atoms with Crippen molar-refractivity contribution in [3.05, 3.63) is 58.5 Å². The molecule has 1 heterocycles. The van der Waals surface area contributed by atoms with Gasteiger partial charge in [-0.15, -0.1) is 0 Å². The maximum atomic E-state index is 11.9. The van der Waals surface area contributed by atoms with Gasteiger partial charge in [-0.05, 0) is 37.1 Å². The average Bonchev–Trinajstić information content (AvgIpc) is 2.85. The number of aryl methyl sites for hydroxylation is 1. The Morgan fingerprint density at radius 2 is 2.20 bits per heavy atom. The summed E-state index contributed by atoms with van der Waals surface area (Å²) in [6.45, 7) is 3.70. The Kier molecular flexibility index (Phi) is 4.58. The third kappa shape index (κ3) is 3.27. The lowest BCUT2D eigenvalue weighted by atomic mass is 10.1. The molecule has 104 valence electrons. The van der Waals surface area contributed by atoms with E-state index < -0.39 is 0 Å². The van der Waals surface area contributed by atoms with E-state index in [1.165, 1.54) is 6.26 Å². The summed E-state index contributed by atoms with van der Waals surface area (Å²) >= 11 is 5.96. The van der Waals surface area contributed by atoms with Crippen LogP contribution in [0.5, 0.6) is 0 Å². The number of hydrazone groups is 1. The van der Waals surface area contributed by atoms with Gasteiger partial charge in [0.25, 0.3) is 5.91 Å². The zero-order chi connectivity index (χ0) is 14.5. The van der Waals surface area contributed by atoms with Crippen molar-refractivity contribution in [2.45, 2.75) is 20.3 Å². The number of hydrogen-bond acceptors (Lipinski definition) is 3. The maximum absolute atomic E-state index is 11.9. The van der Waals surface area contributed by atoms with E-state index in [1.807, 2.05) is 25.1 Å². The van der Waals surface area contributed by atoms with Crippen molar-refractivity contribution < 1.29 is 9.21 Å². The number of carbonyl (C=O) groups excluding carboxylic acids is 1. The van der Waals surface area contributed by atoms with Crippen LogP contribution in [0.25, 0.3) is 0 Å². The standard InChI is InChI=1S/C15H15ClN2O2/c1-3-14(11-5-4-6-12(16)9-11)17-18-15(19)13-7-8-20-10(13)2/h4-9H,3H2,1-2H3,(H,18,19). The van der Waals surface area contributed by atoms with E-state index in [0.29, 0.717) is 22.8 Å². The van der Waals surface area contributed by atoms with Crippen LogP contribution in [0.2, 0.25) is 5.02 Å². The van der Waals surface area contributed by atoms with Gasteiger partial charge in [-0.1, -0.05) is 30.7 Å². The van der Waals surface area contributed by atoms with Crippen molar-refractivity contribution in [2.24, 2.45) is 5.10 Å². The second-order valence-electron chi connectivity index (χ2n) is 4.25. The highest BCUT2D eigenvalue weighted by Crippen LogP contribution is 2.13. The number of hydrogen-bond donors (Lipinski definition) is 1. The Hall–Kier alpha value is -2.07. The fraction of sp³-hybridized carbons (Fsp3) is 0.200. The van der Waals surface area contributed by atoms with E-state index in [9.17, 15) is 4.79 Å². The monoisotopic (exact) mass is 290 g/mol. The van der Waals surface area contributed by atoms with Gasteiger partial charge >= 0.3 is 0 Å². The molecule has 0 atom stereocenters. The molecule has 0 aliphatic rings. The lowest BCUT2D eigenvalue weighted by Gasteiger charge is -2.05. The highest BCUT2D eigenvalue weighted by molar-refractivity contribution is 6.31. The van der Waals surface area contributed by atoms with Crippen LogP contribution in [0.4, 0.5) is 0 Å². The fourth-order valence-corrected chi connectivity index (χ4v) is 2.01. The molecule has 1 aromatic heterocycles. The first-order valence-corrected chi connectivity index (χ1v) is 6.66. The molecule has 0 saturated heterocycles. The van der Waals surface area contributed by atoms with Crippen molar-refractivity contribution in [2.75, 3.05) is 0 Å². The SMILES string of the molecule is CCC(=NNC(=O)c1ccoc1C)c1cccc(Cl)c1. The quantitative estimate of drug-likeness (QED) is 0.688. The highest BCUT2D eigenvalue weighted by atomic mass is 35.5. The molecule has 2 aromatic rings. The van der Waals surface area contributed by atoms with Crippen molar-refractivity contribution in [1.82, 2.24) is 5.43 Å². The molecule has 20 heavy (non-hydrogen) atoms. The first-order chi connectivity index (χ1) is 9.61. The van der Waals surface area contributed by atoms with Crippen LogP contribution in [0.15, 0.2) is 46.1 Å². The largest absolute Gasteiger partial charge is 0.469 e. The van der Waals surface area contributed by atoms with Crippen LogP contribution in [0.3, 0.4) is 0 Å². The van der Waals surface area contributed by atoms with E-state index in [4.69, 9.17) is 16.0 Å². The molecule has 0 aliphatic carbocycles. The van der Waals surface area contributed by atoms with Gasteiger partial charge in [0.05, 0.1) is 17.5 Å². The number of nitrogens with one attached hydrogen (secondary N) is 1. The van der Waals surface area contributed by atoms with Gasteiger partial charge in [0.2, 0.25) is 0 Å². The summed E-state index contributed by atoms with van der Waals surface area (Å²) < 4.78 is 5.09. The molecule has 0 radical (unpaired) electrons. The smallest absolute Gasteiger partial charge is 0.274 e. The van der Waals surface area contributed by atoms with Crippen LogP contribution in [0.1, 0.15) is 35.0 Å². The maximum Gasteiger partial charge on any atom is 0.274 e. The van der Waals surface area contributed by atoms with Gasteiger partial charge in [-0.25, -0.2) is 5.43 Å². The molecule has 1 amide bonds. The lowest BCUT2D eigenvalue weighted by Crippen LogP contribution is -2.20. The van der Waals surface area contributed by atoms with E-state index in [-0.39, 0.29) is 5.91 Å². The van der Waals surface area contributed by atoms with E-state index >= 15 is 0 Å². The summed E-state index contributed by atoms with van der Waals surface area (Å²) in [7, 11) is 0. The van der Waals surface area contributed by atoms with E-state index in [2.05, 4.69) is 10.5 Å². The molecule has 2 rings (SSSR count). The molecule has 1 N–H and O–H groups in total. The highest BCUT2D eigenvalue weighted by Gasteiger charge is 2.11. The predicted octanol–water partition coefficient (Wildman–Crippen LogP) is 3.79. The van der Waals surface area contributed by atoms with Gasteiger partial charge in [-0.2, -0.15) is 5.10 Å². The first kappa shape index (κ1) is 14.3. The molecule has 0 bridgehead atoms. The lowest BCUT2D eigenvalue weighted by molar-refractivity contribution is 0.0953. The first-order valence-electron chi connectivity index (χ1n) is 6.28. The van der Waals surface area contributed by atoms with Gasteiger partial charge < -0.3 is 4.42 Å². The van der Waals surface area contributed by atoms with Crippen LogP contribution < -0.4 is 5.43 Å². The number of nitrogens with zero attached hydrogens (tertiary/aromatic N) is 1. The number of carbonyl (C=O) groups is 1. The molecule has 0 aliphatic heterocycles. The Morgan fingerprint density at radius 3 is 2.80 bits per heavy atom. The molecular formula is C15H15ClN2O2. The minimum atomic E-state index is -0.288. The van der Waals surface area contributed by atoms with Crippen LogP contribution in [0, 0.1) is 6.92 Å². The Balaban J connectivity index is 2.16. The molecule has 4 nitrogen and oxygen atoms in total. The molecule has 1 aromatic carbocycles. The number of amides is 1. The summed E-state index contributed by atoms with van der Waals surface area (Å²) in [6, 6.07) is 8.99. The normalized spacial score (nSPS) is 11.4. The minimum absolute atomic E-state index is 0.288. The molecule has 0 saturated carbocycles. The number of halogens is 1. The van der Waals surface area contributed by atoms with Crippen molar-refractivity contribution in [3.8, 4) is 0 Å². The molecule has 0 spiro atoms. The van der Waals surface area contributed by atoms with Crippen molar-refractivity contribution in [1.29, 1.82) is 0 Å². The predicted molar refractivity (Wildman–Crippen MR) is 79.2 cm³/mol. The zero-order valence-electron chi connectivity index (χ0n) is 11.3. The zero-order valence-corrected chi connectivity index (χ0v) is 12.1. The number of rotatable bonds is 4. The fourth-order valence-electron chi connectivity index (χ4n) is 1.81. The van der Waals surface area contributed by atoms with E-state index in [1.54, 1.807) is 19.1 Å². The molecule has 0 fully saturated rings. The molecular weight excluding hydrogens is 276 g/mol. The van der Waals surface area contributed by atoms with Crippen LogP contribution >= 0.6 is 11.6 Å². The Bertz CT molecular complexity index is 647. The minimum Gasteiger partial charge on any atom is -0.469 e. The summed E-state index contributed by atoms with van der Waals surface area (Å²) in [5.74, 6) is 0.280.